The van der Waals surface area contributed by atoms with Crippen molar-refractivity contribution in [2.45, 2.75) is 54.0 Å². The fourth-order valence-electron chi connectivity index (χ4n) is 12.1. The molecule has 2 amide bonds. The summed E-state index contributed by atoms with van der Waals surface area (Å²) in [5.41, 5.74) is 16.5. The van der Waals surface area contributed by atoms with Crippen molar-refractivity contribution in [2.24, 2.45) is 19.8 Å². The molecule has 0 aliphatic carbocycles. The van der Waals surface area contributed by atoms with Crippen molar-refractivity contribution in [1.82, 2.24) is 27.4 Å². The number of fused-ring (bicyclic) bond motifs is 7. The maximum atomic E-state index is 11.4. The number of rotatable bonds is 9. The van der Waals surface area contributed by atoms with Gasteiger partial charge in [-0.3, -0.25) is 56.9 Å². The van der Waals surface area contributed by atoms with Crippen LogP contribution >= 0.6 is 0 Å². The molecule has 0 saturated carbocycles. The molecule has 0 atom stereocenters. The first-order valence-electron chi connectivity index (χ1n) is 32.2. The number of benzene rings is 8. The predicted octanol–water partition coefficient (Wildman–Crippen LogP) is 14.3. The number of anilines is 1. The highest BCUT2D eigenvalue weighted by molar-refractivity contribution is 6.15. The Morgan fingerprint density at radius 3 is 1.36 bits per heavy atom. The van der Waals surface area contributed by atoms with Gasteiger partial charge in [0, 0.05) is 145 Å². The van der Waals surface area contributed by atoms with Crippen molar-refractivity contribution < 1.29 is 63.3 Å². The average molecular weight is 1370 g/mol. The normalized spacial score (nSPS) is 11.1. The number of aromatic carboxylic acids is 1. The van der Waals surface area contributed by atoms with Crippen LogP contribution in [0, 0.1) is 0 Å². The van der Waals surface area contributed by atoms with Crippen LogP contribution < -0.4 is 10.6 Å². The second-order valence-corrected chi connectivity index (χ2v) is 23.8. The number of aromatic hydroxyl groups is 1. The number of aldehydes is 1. The van der Waals surface area contributed by atoms with Crippen LogP contribution in [0.3, 0.4) is 0 Å². The van der Waals surface area contributed by atoms with E-state index in [1.807, 2.05) is 210 Å². The summed E-state index contributed by atoms with van der Waals surface area (Å²) in [7, 11) is 3.89. The number of carboxylic acids is 2. The third-order valence-electron chi connectivity index (χ3n) is 16.7. The lowest BCUT2D eigenvalue weighted by atomic mass is 10.1. The second kappa shape index (κ2) is 32.8. The number of aryl methyl sites for hydroxylation is 2. The molecule has 15 rings (SSSR count). The number of Topliss-reactive ketones (excluding diaryl/α,β-unsaturated/α-hetero) is 2. The summed E-state index contributed by atoms with van der Waals surface area (Å²) in [4.78, 5) is 113. The van der Waals surface area contributed by atoms with Gasteiger partial charge in [0.1, 0.15) is 5.75 Å². The van der Waals surface area contributed by atoms with E-state index in [4.69, 9.17) is 10.8 Å². The van der Waals surface area contributed by atoms with Crippen molar-refractivity contribution in [1.29, 1.82) is 0 Å². The van der Waals surface area contributed by atoms with E-state index in [1.54, 1.807) is 48.9 Å². The number of carbonyl (C=O) groups is 10. The molecule has 6 aromatic heterocycles. The summed E-state index contributed by atoms with van der Waals surface area (Å²) < 4.78 is 10.4. The number of ketones is 2. The fourth-order valence-corrected chi connectivity index (χ4v) is 12.1. The van der Waals surface area contributed by atoms with Crippen LogP contribution in [0.4, 0.5) is 5.69 Å². The Morgan fingerprint density at radius 1 is 0.441 bits per heavy atom. The van der Waals surface area contributed by atoms with Gasteiger partial charge in [-0.2, -0.15) is 0 Å². The lowest BCUT2D eigenvalue weighted by molar-refractivity contribution is -0.136. The van der Waals surface area contributed by atoms with E-state index in [0.29, 0.717) is 40.6 Å². The van der Waals surface area contributed by atoms with E-state index in [9.17, 15) is 58.2 Å². The Labute approximate surface area is 585 Å². The molecule has 14 aromatic rings. The number of aliphatic carboxylic acids is 1. The number of aromatic nitrogens is 6. The number of carboxylic acid groups (broad SMARTS) is 2. The van der Waals surface area contributed by atoms with Crippen molar-refractivity contribution in [3.05, 3.63) is 276 Å². The number of nitrogens with two attached hydrogens (primary N) is 1. The molecule has 0 saturated heterocycles. The minimum atomic E-state index is -0.886. The van der Waals surface area contributed by atoms with Crippen LogP contribution in [0.25, 0.3) is 65.4 Å². The smallest absolute Gasteiger partial charge is 0.337 e. The van der Waals surface area contributed by atoms with Gasteiger partial charge in [-0.15, -0.1) is 0 Å². The highest BCUT2D eigenvalue weighted by Crippen LogP contribution is 2.30. The van der Waals surface area contributed by atoms with Crippen LogP contribution in [0.5, 0.6) is 5.75 Å². The fraction of sp³-hybridized carbons (Fsp3) is 0.136. The van der Waals surface area contributed by atoms with Gasteiger partial charge in [0.2, 0.25) is 29.5 Å². The summed E-state index contributed by atoms with van der Waals surface area (Å²) in [5, 5.41) is 32.7. The molecule has 516 valence electrons. The second-order valence-electron chi connectivity index (χ2n) is 23.8. The number of hydrogen-bond acceptors (Lipinski definition) is 11. The van der Waals surface area contributed by atoms with Crippen LogP contribution in [-0.4, -0.2) is 109 Å². The zero-order valence-corrected chi connectivity index (χ0v) is 57.1. The van der Waals surface area contributed by atoms with Crippen molar-refractivity contribution in [3.8, 4) is 5.75 Å². The predicted molar refractivity (Wildman–Crippen MR) is 395 cm³/mol. The quantitative estimate of drug-likeness (QED) is 0.0773. The minimum Gasteiger partial charge on any atom is -0.506 e. The van der Waals surface area contributed by atoms with Gasteiger partial charge in [0.05, 0.1) is 53.4 Å². The van der Waals surface area contributed by atoms with E-state index in [2.05, 4.69) is 0 Å². The standard InChI is InChI=1S/C16H13NO2.C12H11NO2.C11H12N2O.C11H11NO2.C11H9NO2.2C10H9NO2/c18-16(19)14-11-17(10-12-6-2-1-3-7-12)15-9-5-4-8-13(14)15;1-8(14)11-7-13(9(2)15)12-6-4-3-5-10(11)12;1-13-7-8(6-11(12)14)9-4-2-3-5-10(9)13;1-12-7-8(6-11(13)14)9-4-2-3-5-10(9)12;1-8(14)12-6-9(7-13)10-4-2-3-5-11(10)12;2*1-7(12)11-6-10(13)8-4-2-3-5-9(8)11/h1-9,11H,10H2,(H,18,19);3-7H,1-2H3;2-5,7H,6H2,1H3,(H2,12,14);2-5,7H,6H2,1H3,(H,13,14);2-7H,1H3;2-5H,6H2,1H3;2-6,13H,1H3. The first-order chi connectivity index (χ1) is 48.9. The van der Waals surface area contributed by atoms with Gasteiger partial charge in [-0.05, 0) is 78.2 Å². The number of para-hydroxylation sites is 7. The molecule has 21 nitrogen and oxygen atoms in total. The van der Waals surface area contributed by atoms with Gasteiger partial charge >= 0.3 is 11.9 Å². The van der Waals surface area contributed by atoms with Crippen molar-refractivity contribution in [3.63, 3.8) is 0 Å². The minimum absolute atomic E-state index is 0.0193. The molecule has 21 heteroatoms. The molecular formula is C81H74N8O13. The van der Waals surface area contributed by atoms with Gasteiger partial charge in [0.15, 0.2) is 17.9 Å². The topological polar surface area (TPSA) is 290 Å². The van der Waals surface area contributed by atoms with E-state index in [1.165, 1.54) is 59.4 Å². The van der Waals surface area contributed by atoms with Crippen LogP contribution in [0.15, 0.2) is 237 Å². The lowest BCUT2D eigenvalue weighted by Crippen LogP contribution is -2.27. The average Bonchev–Trinajstić information content (AvgIpc) is 1.68. The van der Waals surface area contributed by atoms with Gasteiger partial charge in [-0.25, -0.2) is 4.79 Å². The van der Waals surface area contributed by atoms with Crippen LogP contribution in [-0.2, 0) is 47.9 Å². The molecule has 0 bridgehead atoms. The lowest BCUT2D eigenvalue weighted by Gasteiger charge is -2.12. The molecule has 1 aliphatic heterocycles. The van der Waals surface area contributed by atoms with E-state index >= 15 is 0 Å². The van der Waals surface area contributed by atoms with E-state index in [0.717, 1.165) is 88.7 Å². The number of carbonyl (C=O) groups excluding carboxylic acids is 8. The Bertz CT molecular complexity index is 5370. The third-order valence-corrected chi connectivity index (χ3v) is 16.7. The van der Waals surface area contributed by atoms with Crippen molar-refractivity contribution in [2.75, 3.05) is 11.4 Å². The molecule has 102 heavy (non-hydrogen) atoms. The summed E-state index contributed by atoms with van der Waals surface area (Å²) in [6.45, 7) is 8.26. The number of amides is 2. The molecule has 1 aliphatic rings. The first kappa shape index (κ1) is 73.0. The summed E-state index contributed by atoms with van der Waals surface area (Å²) in [5.74, 6) is -2.18. The van der Waals surface area contributed by atoms with Crippen LogP contribution in [0.1, 0.15) is 107 Å². The SMILES string of the molecule is CC(=O)N1CC(=O)c2ccccc21.CC(=O)c1cn(C(C)=O)c2ccccc12.CC(=O)n1cc(C=O)c2ccccc21.CC(=O)n1cc(O)c2ccccc21.Cn1cc(CC(=O)O)c2ccccc21.Cn1cc(CC(N)=O)c2ccccc21.O=C(O)c1cn(Cc2ccccc2)c2ccccc12. The largest absolute Gasteiger partial charge is 0.506 e. The Morgan fingerprint density at radius 2 is 0.863 bits per heavy atom. The maximum absolute atomic E-state index is 11.4. The molecule has 0 fully saturated rings. The van der Waals surface area contributed by atoms with Gasteiger partial charge in [-0.1, -0.05) is 146 Å². The van der Waals surface area contributed by atoms with E-state index < -0.39 is 11.9 Å². The summed E-state index contributed by atoms with van der Waals surface area (Å²) >= 11 is 0. The number of nitrogens with zero attached hydrogens (tertiary/aromatic N) is 7. The Balaban J connectivity index is 0.000000139. The summed E-state index contributed by atoms with van der Waals surface area (Å²) in [6, 6.07) is 62.6. The molecular weight excluding hydrogens is 1290 g/mol. The van der Waals surface area contributed by atoms with E-state index in [-0.39, 0.29) is 59.8 Å². The monoisotopic (exact) mass is 1370 g/mol. The highest BCUT2D eigenvalue weighted by Gasteiger charge is 2.28. The molecule has 5 N–H and O–H groups in total. The summed E-state index contributed by atoms with van der Waals surface area (Å²) in [6.07, 6.45) is 11.3. The van der Waals surface area contributed by atoms with Gasteiger partial charge in [0.25, 0.3) is 0 Å². The zero-order chi connectivity index (χ0) is 73.5. The third kappa shape index (κ3) is 17.0. The highest BCUT2D eigenvalue weighted by atomic mass is 16.4. The van der Waals surface area contributed by atoms with Crippen LogP contribution in [0.2, 0.25) is 0 Å². The van der Waals surface area contributed by atoms with Gasteiger partial charge < -0.3 is 39.7 Å². The zero-order valence-electron chi connectivity index (χ0n) is 57.1. The molecule has 0 spiro atoms. The Hall–Kier alpha value is -13.3. The number of hydrogen-bond donors (Lipinski definition) is 4. The van der Waals surface area contributed by atoms with Crippen molar-refractivity contribution >= 4 is 130 Å². The molecule has 7 heterocycles. The molecule has 0 unspecified atom stereocenters. The first-order valence-corrected chi connectivity index (χ1v) is 32.2. The Kier molecular flexibility index (Phi) is 23.5. The molecule has 8 aromatic carbocycles. The number of primary amides is 1. The maximum Gasteiger partial charge on any atom is 0.337 e. The molecule has 0 radical (unpaired) electrons.